The van der Waals surface area contributed by atoms with E-state index in [1.807, 2.05) is 6.26 Å². The maximum atomic E-state index is 12.4. The van der Waals surface area contributed by atoms with Gasteiger partial charge in [0.05, 0.1) is 22.6 Å². The van der Waals surface area contributed by atoms with Gasteiger partial charge >= 0.3 is 5.97 Å². The fraction of sp³-hybridized carbons (Fsp3) is 0.429. The van der Waals surface area contributed by atoms with E-state index in [0.29, 0.717) is 12.2 Å². The Labute approximate surface area is 150 Å². The number of rotatable bonds is 8. The molecule has 10 heteroatoms. The van der Waals surface area contributed by atoms with E-state index in [4.69, 9.17) is 11.6 Å². The van der Waals surface area contributed by atoms with Crippen LogP contribution in [0.1, 0.15) is 16.8 Å². The molecule has 0 aliphatic heterocycles. The molecule has 0 bridgehead atoms. The van der Waals surface area contributed by atoms with Crippen molar-refractivity contribution in [3.8, 4) is 0 Å². The van der Waals surface area contributed by atoms with Gasteiger partial charge in [0.25, 0.3) is 5.91 Å². The SMILES string of the molecule is CNS(=O)(=O)c1ccc(Cl)c(C(=O)N[C@H](CCSC)C(=O)OC)c1. The molecule has 134 valence electrons. The number of sulfonamides is 1. The van der Waals surface area contributed by atoms with E-state index in [1.54, 1.807) is 0 Å². The van der Waals surface area contributed by atoms with E-state index < -0.39 is 27.9 Å². The molecule has 0 fully saturated rings. The molecule has 0 saturated carbocycles. The van der Waals surface area contributed by atoms with Gasteiger partial charge in [0.2, 0.25) is 10.0 Å². The van der Waals surface area contributed by atoms with E-state index in [2.05, 4.69) is 14.8 Å². The van der Waals surface area contributed by atoms with Crippen LogP contribution in [0.4, 0.5) is 0 Å². The lowest BCUT2D eigenvalue weighted by Crippen LogP contribution is -2.42. The summed E-state index contributed by atoms with van der Waals surface area (Å²) in [5.74, 6) is -0.584. The number of amides is 1. The fourth-order valence-corrected chi connectivity index (χ4v) is 3.26. The predicted molar refractivity (Wildman–Crippen MR) is 94.0 cm³/mol. The van der Waals surface area contributed by atoms with Crippen LogP contribution in [0.5, 0.6) is 0 Å². The zero-order valence-electron chi connectivity index (χ0n) is 13.5. The van der Waals surface area contributed by atoms with Crippen LogP contribution >= 0.6 is 23.4 Å². The fourth-order valence-electron chi connectivity index (χ4n) is 1.83. The first-order chi connectivity index (χ1) is 11.3. The summed E-state index contributed by atoms with van der Waals surface area (Å²) in [7, 11) is -1.23. The maximum absolute atomic E-state index is 12.4. The molecule has 0 radical (unpaired) electrons. The molecule has 1 aromatic rings. The molecule has 0 aliphatic rings. The van der Waals surface area contributed by atoms with Crippen molar-refractivity contribution in [3.63, 3.8) is 0 Å². The molecule has 0 spiro atoms. The minimum atomic E-state index is -3.72. The van der Waals surface area contributed by atoms with Crippen LogP contribution < -0.4 is 10.0 Å². The second-order valence-electron chi connectivity index (χ2n) is 4.68. The Bertz CT molecular complexity index is 709. The maximum Gasteiger partial charge on any atom is 0.328 e. The van der Waals surface area contributed by atoms with Gasteiger partial charge in [-0.05, 0) is 43.7 Å². The number of carbonyl (C=O) groups is 2. The van der Waals surface area contributed by atoms with Crippen LogP contribution in [0.3, 0.4) is 0 Å². The van der Waals surface area contributed by atoms with Gasteiger partial charge in [-0.3, -0.25) is 4.79 Å². The molecule has 0 aromatic heterocycles. The normalized spacial score (nSPS) is 12.5. The molecule has 0 unspecified atom stereocenters. The largest absolute Gasteiger partial charge is 0.467 e. The van der Waals surface area contributed by atoms with Crippen LogP contribution in [-0.4, -0.2) is 52.5 Å². The molecule has 2 N–H and O–H groups in total. The molecular formula is C14H19ClN2O5S2. The van der Waals surface area contributed by atoms with Crippen LogP contribution in [0.25, 0.3) is 0 Å². The average Bonchev–Trinajstić information content (AvgIpc) is 2.57. The van der Waals surface area contributed by atoms with Crippen LogP contribution in [0, 0.1) is 0 Å². The number of thioether (sulfide) groups is 1. The van der Waals surface area contributed by atoms with E-state index in [0.717, 1.165) is 6.07 Å². The van der Waals surface area contributed by atoms with Crippen LogP contribution in [-0.2, 0) is 19.6 Å². The third kappa shape index (κ3) is 5.37. The molecule has 0 saturated heterocycles. The number of nitrogens with one attached hydrogen (secondary N) is 2. The number of esters is 1. The molecule has 7 nitrogen and oxygen atoms in total. The Morgan fingerprint density at radius 1 is 1.38 bits per heavy atom. The standard InChI is InChI=1S/C14H19ClN2O5S2/c1-16-24(20,21)9-4-5-11(15)10(8-9)13(18)17-12(6-7-23-3)14(19)22-2/h4-5,8,12,16H,6-7H2,1-3H3,(H,17,18)/t12-/m1/s1. The lowest BCUT2D eigenvalue weighted by Gasteiger charge is -2.17. The molecule has 1 atom stereocenters. The first-order valence-electron chi connectivity index (χ1n) is 6.87. The second kappa shape index (κ2) is 9.26. The minimum Gasteiger partial charge on any atom is -0.467 e. The molecule has 1 rings (SSSR count). The highest BCUT2D eigenvalue weighted by Crippen LogP contribution is 2.20. The first-order valence-corrected chi connectivity index (χ1v) is 10.1. The molecule has 1 aromatic carbocycles. The smallest absolute Gasteiger partial charge is 0.328 e. The van der Waals surface area contributed by atoms with Crippen LogP contribution in [0.15, 0.2) is 23.1 Å². The summed E-state index contributed by atoms with van der Waals surface area (Å²) >= 11 is 7.51. The van der Waals surface area contributed by atoms with Crippen LogP contribution in [0.2, 0.25) is 5.02 Å². The van der Waals surface area contributed by atoms with Crippen molar-refractivity contribution < 1.29 is 22.7 Å². The van der Waals surface area contributed by atoms with Crippen molar-refractivity contribution in [2.24, 2.45) is 0 Å². The molecule has 1 amide bonds. The number of ether oxygens (including phenoxy) is 1. The molecule has 0 heterocycles. The number of hydrogen-bond donors (Lipinski definition) is 2. The minimum absolute atomic E-state index is 0.0361. The number of hydrogen-bond acceptors (Lipinski definition) is 6. The summed E-state index contributed by atoms with van der Waals surface area (Å²) in [6, 6.07) is 2.93. The van der Waals surface area contributed by atoms with E-state index in [-0.39, 0.29) is 15.5 Å². The van der Waals surface area contributed by atoms with Crippen molar-refractivity contribution in [3.05, 3.63) is 28.8 Å². The number of benzene rings is 1. The highest BCUT2D eigenvalue weighted by molar-refractivity contribution is 7.98. The van der Waals surface area contributed by atoms with Gasteiger partial charge in [0.15, 0.2) is 0 Å². The van der Waals surface area contributed by atoms with Gasteiger partial charge in [-0.1, -0.05) is 11.6 Å². The van der Waals surface area contributed by atoms with Crippen molar-refractivity contribution in [1.29, 1.82) is 0 Å². The Kier molecular flexibility index (Phi) is 8.01. The van der Waals surface area contributed by atoms with E-state index in [9.17, 15) is 18.0 Å². The summed E-state index contributed by atoms with van der Waals surface area (Å²) in [4.78, 5) is 24.1. The highest BCUT2D eigenvalue weighted by atomic mass is 35.5. The van der Waals surface area contributed by atoms with Gasteiger partial charge < -0.3 is 10.1 Å². The quantitative estimate of drug-likeness (QED) is 0.644. The first kappa shape index (κ1) is 20.8. The Hall–Kier alpha value is -1.29. The summed E-state index contributed by atoms with van der Waals surface area (Å²) < 4.78 is 30.5. The predicted octanol–water partition coefficient (Wildman–Crippen LogP) is 1.27. The lowest BCUT2D eigenvalue weighted by molar-refractivity contribution is -0.142. The Morgan fingerprint density at radius 2 is 2.04 bits per heavy atom. The van der Waals surface area contributed by atoms with Gasteiger partial charge in [0.1, 0.15) is 6.04 Å². The zero-order valence-corrected chi connectivity index (χ0v) is 15.8. The summed E-state index contributed by atoms with van der Waals surface area (Å²) in [5.41, 5.74) is -0.0361. The number of methoxy groups -OCH3 is 1. The van der Waals surface area contributed by atoms with E-state index in [1.165, 1.54) is 38.1 Å². The van der Waals surface area contributed by atoms with Gasteiger partial charge in [-0.25, -0.2) is 17.9 Å². The van der Waals surface area contributed by atoms with Crippen molar-refractivity contribution >= 4 is 45.3 Å². The Morgan fingerprint density at radius 3 is 2.58 bits per heavy atom. The summed E-state index contributed by atoms with van der Waals surface area (Å²) in [5, 5.41) is 2.61. The van der Waals surface area contributed by atoms with Crippen molar-refractivity contribution in [1.82, 2.24) is 10.0 Å². The third-order valence-electron chi connectivity index (χ3n) is 3.16. The number of halogens is 1. The lowest BCUT2D eigenvalue weighted by atomic mass is 10.1. The summed E-state index contributed by atoms with van der Waals surface area (Å²) in [6.07, 6.45) is 2.25. The number of carbonyl (C=O) groups excluding carboxylic acids is 2. The highest BCUT2D eigenvalue weighted by Gasteiger charge is 2.24. The van der Waals surface area contributed by atoms with Gasteiger partial charge in [0, 0.05) is 0 Å². The van der Waals surface area contributed by atoms with E-state index >= 15 is 0 Å². The summed E-state index contributed by atoms with van der Waals surface area (Å²) in [6.45, 7) is 0. The molecular weight excluding hydrogens is 376 g/mol. The monoisotopic (exact) mass is 394 g/mol. The third-order valence-corrected chi connectivity index (χ3v) is 5.55. The zero-order chi connectivity index (χ0) is 18.3. The molecule has 0 aliphatic carbocycles. The van der Waals surface area contributed by atoms with Crippen molar-refractivity contribution in [2.45, 2.75) is 17.4 Å². The van der Waals surface area contributed by atoms with Gasteiger partial charge in [-0.2, -0.15) is 11.8 Å². The van der Waals surface area contributed by atoms with Crippen molar-refractivity contribution in [2.75, 3.05) is 26.2 Å². The van der Waals surface area contributed by atoms with Gasteiger partial charge in [-0.15, -0.1) is 0 Å². The topological polar surface area (TPSA) is 102 Å². The second-order valence-corrected chi connectivity index (χ2v) is 7.96. The Balaban J connectivity index is 3.09. The average molecular weight is 395 g/mol. The molecule has 24 heavy (non-hydrogen) atoms.